The Balaban J connectivity index is 1.46. The van der Waals surface area contributed by atoms with Gasteiger partial charge < -0.3 is 18.8 Å². The summed E-state index contributed by atoms with van der Waals surface area (Å²) in [6.45, 7) is 5.77. The number of aromatic nitrogens is 2. The summed E-state index contributed by atoms with van der Waals surface area (Å²) >= 11 is 0. The van der Waals surface area contributed by atoms with Crippen molar-refractivity contribution in [1.29, 1.82) is 0 Å². The summed E-state index contributed by atoms with van der Waals surface area (Å²) in [6, 6.07) is 12.9. The van der Waals surface area contributed by atoms with Crippen molar-refractivity contribution in [2.75, 3.05) is 26.2 Å². The minimum atomic E-state index is 0.0825. The lowest BCUT2D eigenvalue weighted by molar-refractivity contribution is 0.0230. The fourth-order valence-corrected chi connectivity index (χ4v) is 5.32. The van der Waals surface area contributed by atoms with E-state index in [9.17, 15) is 4.79 Å². The van der Waals surface area contributed by atoms with Crippen molar-refractivity contribution in [2.24, 2.45) is 0 Å². The van der Waals surface area contributed by atoms with Gasteiger partial charge >= 0.3 is 0 Å². The molecule has 0 amide bonds. The molecule has 148 valence electrons. The zero-order chi connectivity index (χ0) is 19.4. The largest absolute Gasteiger partial charge is 0.373 e. The third-order valence-electron chi connectivity index (χ3n) is 6.67. The molecule has 5 heteroatoms. The Labute approximate surface area is 169 Å². The van der Waals surface area contributed by atoms with Crippen LogP contribution in [0.4, 0.5) is 0 Å². The normalized spacial score (nSPS) is 19.7. The fraction of sp³-hybridized carbons (Fsp3) is 0.375. The molecule has 4 aromatic rings. The lowest BCUT2D eigenvalue weighted by atomic mass is 10.1. The van der Waals surface area contributed by atoms with Crippen LogP contribution in [0.25, 0.3) is 32.7 Å². The van der Waals surface area contributed by atoms with Gasteiger partial charge in [0.05, 0.1) is 36.8 Å². The molecule has 1 fully saturated rings. The fourth-order valence-electron chi connectivity index (χ4n) is 5.32. The highest BCUT2D eigenvalue weighted by Crippen LogP contribution is 2.37. The number of benzene rings is 2. The van der Waals surface area contributed by atoms with Crippen molar-refractivity contribution in [3.63, 3.8) is 0 Å². The van der Waals surface area contributed by atoms with Gasteiger partial charge in [0.1, 0.15) is 0 Å². The SMILES string of the molecule is O=Cc1cn2c3c1ccc1c4ccccc4n(c13)CC(OCCN1CCCC1)C2. The maximum absolute atomic E-state index is 11.7. The Morgan fingerprint density at radius 3 is 2.66 bits per heavy atom. The average molecular weight is 387 g/mol. The van der Waals surface area contributed by atoms with Crippen LogP contribution in [-0.4, -0.2) is 52.7 Å². The topological polar surface area (TPSA) is 39.4 Å². The van der Waals surface area contributed by atoms with E-state index >= 15 is 0 Å². The van der Waals surface area contributed by atoms with E-state index in [1.165, 1.54) is 47.7 Å². The molecule has 0 spiro atoms. The number of para-hydroxylation sites is 1. The minimum absolute atomic E-state index is 0.0825. The number of hydrogen-bond donors (Lipinski definition) is 0. The lowest BCUT2D eigenvalue weighted by Gasteiger charge is -2.21. The Morgan fingerprint density at radius 1 is 0.966 bits per heavy atom. The first-order chi connectivity index (χ1) is 14.3. The van der Waals surface area contributed by atoms with Gasteiger partial charge in [-0.2, -0.15) is 0 Å². The molecular formula is C24H25N3O2. The van der Waals surface area contributed by atoms with Crippen LogP contribution < -0.4 is 0 Å². The van der Waals surface area contributed by atoms with Crippen molar-refractivity contribution in [3.05, 3.63) is 48.2 Å². The number of carbonyl (C=O) groups is 1. The van der Waals surface area contributed by atoms with Crippen LogP contribution in [0.3, 0.4) is 0 Å². The standard InChI is InChI=1S/C24H25N3O2/c28-16-17-13-26-14-18(29-12-11-25-9-3-4-10-25)15-27-22-6-2-1-5-20(22)21-8-7-19(17)23(26)24(21)27/h1-2,5-8,13,16,18H,3-4,9-12,14-15H2. The zero-order valence-electron chi connectivity index (χ0n) is 16.5. The summed E-state index contributed by atoms with van der Waals surface area (Å²) in [5.74, 6) is 0. The molecule has 0 radical (unpaired) electrons. The summed E-state index contributed by atoms with van der Waals surface area (Å²) < 4.78 is 11.1. The zero-order valence-corrected chi connectivity index (χ0v) is 16.5. The highest BCUT2D eigenvalue weighted by Gasteiger charge is 2.25. The van der Waals surface area contributed by atoms with Crippen LogP contribution in [0, 0.1) is 0 Å². The van der Waals surface area contributed by atoms with Gasteiger partial charge in [-0.05, 0) is 32.0 Å². The minimum Gasteiger partial charge on any atom is -0.373 e. The number of nitrogens with zero attached hydrogens (tertiary/aromatic N) is 3. The molecule has 2 aromatic heterocycles. The number of fused-ring (bicyclic) bond motifs is 3. The van der Waals surface area contributed by atoms with Crippen molar-refractivity contribution < 1.29 is 9.53 Å². The predicted molar refractivity (Wildman–Crippen MR) is 116 cm³/mol. The van der Waals surface area contributed by atoms with E-state index in [4.69, 9.17) is 4.74 Å². The smallest absolute Gasteiger partial charge is 0.152 e. The van der Waals surface area contributed by atoms with Gasteiger partial charge in [-0.15, -0.1) is 0 Å². The van der Waals surface area contributed by atoms with Crippen LogP contribution in [0.1, 0.15) is 23.2 Å². The molecule has 1 saturated heterocycles. The van der Waals surface area contributed by atoms with Crippen LogP contribution in [0.15, 0.2) is 42.6 Å². The van der Waals surface area contributed by atoms with E-state index in [1.807, 2.05) is 6.20 Å². The Hall–Kier alpha value is -2.63. The Bertz CT molecular complexity index is 1230. The van der Waals surface area contributed by atoms with Gasteiger partial charge in [0.25, 0.3) is 0 Å². The van der Waals surface area contributed by atoms with Crippen molar-refractivity contribution >= 4 is 39.0 Å². The third-order valence-corrected chi connectivity index (χ3v) is 6.67. The molecule has 0 N–H and O–H groups in total. The van der Waals surface area contributed by atoms with Gasteiger partial charge in [-0.25, -0.2) is 0 Å². The van der Waals surface area contributed by atoms with Gasteiger partial charge in [0, 0.05) is 40.0 Å². The highest BCUT2D eigenvalue weighted by atomic mass is 16.5. The molecule has 2 aromatic carbocycles. The number of hydrogen-bond acceptors (Lipinski definition) is 3. The molecule has 6 rings (SSSR count). The molecule has 0 bridgehead atoms. The molecule has 2 aliphatic heterocycles. The summed E-state index contributed by atoms with van der Waals surface area (Å²) in [5, 5.41) is 3.56. The average Bonchev–Trinajstić information content (AvgIpc) is 3.43. The second kappa shape index (κ2) is 6.71. The summed E-state index contributed by atoms with van der Waals surface area (Å²) in [7, 11) is 0. The van der Waals surface area contributed by atoms with Crippen LogP contribution in [0.2, 0.25) is 0 Å². The van der Waals surface area contributed by atoms with E-state index in [1.54, 1.807) is 0 Å². The quantitative estimate of drug-likeness (QED) is 0.485. The molecule has 5 nitrogen and oxygen atoms in total. The number of carbonyl (C=O) groups excluding carboxylic acids is 1. The first-order valence-corrected chi connectivity index (χ1v) is 10.7. The predicted octanol–water partition coefficient (Wildman–Crippen LogP) is 4.06. The van der Waals surface area contributed by atoms with Crippen molar-refractivity contribution in [2.45, 2.75) is 32.0 Å². The first-order valence-electron chi connectivity index (χ1n) is 10.7. The lowest BCUT2D eigenvalue weighted by Crippen LogP contribution is -2.29. The number of rotatable bonds is 5. The van der Waals surface area contributed by atoms with Gasteiger partial charge in [-0.3, -0.25) is 4.79 Å². The monoisotopic (exact) mass is 387 g/mol. The Morgan fingerprint density at radius 2 is 1.79 bits per heavy atom. The molecule has 0 saturated carbocycles. The number of aldehydes is 1. The van der Waals surface area contributed by atoms with Crippen LogP contribution >= 0.6 is 0 Å². The molecule has 1 atom stereocenters. The molecule has 4 heterocycles. The summed E-state index contributed by atoms with van der Waals surface area (Å²) in [6.07, 6.45) is 5.67. The summed E-state index contributed by atoms with van der Waals surface area (Å²) in [4.78, 5) is 14.2. The summed E-state index contributed by atoms with van der Waals surface area (Å²) in [5.41, 5.74) is 4.38. The highest BCUT2D eigenvalue weighted by molar-refractivity contribution is 6.19. The van der Waals surface area contributed by atoms with E-state index in [0.717, 1.165) is 49.0 Å². The maximum atomic E-state index is 11.7. The number of ether oxygens (including phenoxy) is 1. The van der Waals surface area contributed by atoms with E-state index < -0.39 is 0 Å². The second-order valence-corrected chi connectivity index (χ2v) is 8.38. The van der Waals surface area contributed by atoms with E-state index in [0.29, 0.717) is 0 Å². The molecule has 1 unspecified atom stereocenters. The van der Waals surface area contributed by atoms with Gasteiger partial charge in [-0.1, -0.05) is 30.3 Å². The molecule has 29 heavy (non-hydrogen) atoms. The van der Waals surface area contributed by atoms with Crippen molar-refractivity contribution in [1.82, 2.24) is 14.0 Å². The van der Waals surface area contributed by atoms with Crippen LogP contribution in [-0.2, 0) is 17.8 Å². The molecule has 2 aliphatic rings. The van der Waals surface area contributed by atoms with Crippen molar-refractivity contribution in [3.8, 4) is 0 Å². The molecular weight excluding hydrogens is 362 g/mol. The Kier molecular flexibility index (Phi) is 3.99. The molecule has 0 aliphatic carbocycles. The third kappa shape index (κ3) is 2.65. The number of likely N-dealkylation sites (tertiary alicyclic amines) is 1. The second-order valence-electron chi connectivity index (χ2n) is 8.38. The van der Waals surface area contributed by atoms with Crippen LogP contribution in [0.5, 0.6) is 0 Å². The van der Waals surface area contributed by atoms with E-state index in [-0.39, 0.29) is 6.10 Å². The maximum Gasteiger partial charge on any atom is 0.152 e. The van der Waals surface area contributed by atoms with E-state index in [2.05, 4.69) is 50.4 Å². The van der Waals surface area contributed by atoms with Gasteiger partial charge in [0.2, 0.25) is 0 Å². The first kappa shape index (κ1) is 17.2. The van der Waals surface area contributed by atoms with Gasteiger partial charge in [0.15, 0.2) is 6.29 Å².